The number of benzene rings is 1. The number of amides is 1. The molecule has 1 aromatic carbocycles. The van der Waals surface area contributed by atoms with E-state index in [1.54, 1.807) is 12.1 Å². The number of phenols is 1. The summed E-state index contributed by atoms with van der Waals surface area (Å²) in [7, 11) is -4.67. The molecule has 0 saturated heterocycles. The highest BCUT2D eigenvalue weighted by Crippen LogP contribution is 2.15. The van der Waals surface area contributed by atoms with E-state index in [0.29, 0.717) is 0 Å². The van der Waals surface area contributed by atoms with E-state index < -0.39 is 21.1 Å². The number of aromatic hydroxyl groups is 1. The second-order valence-corrected chi connectivity index (χ2v) is 5.14. The van der Waals surface area contributed by atoms with Crippen LogP contribution in [0.25, 0.3) is 0 Å². The molecule has 0 atom stereocenters. The highest BCUT2D eigenvalue weighted by atomic mass is 32.2. The number of para-hydroxylation sites is 1. The zero-order chi connectivity index (χ0) is 15.5. The van der Waals surface area contributed by atoms with Gasteiger partial charge in [-0.25, -0.2) is 13.8 Å². The molecule has 9 heteroatoms. The van der Waals surface area contributed by atoms with Crippen LogP contribution in [0.15, 0.2) is 51.0 Å². The molecule has 0 aliphatic rings. The van der Waals surface area contributed by atoms with Gasteiger partial charge in [0.05, 0.1) is 11.8 Å². The molecule has 0 spiro atoms. The molecule has 1 aromatic heterocycles. The molecule has 2 aromatic rings. The molecule has 0 fully saturated rings. The summed E-state index contributed by atoms with van der Waals surface area (Å²) < 4.78 is 36.7. The van der Waals surface area contributed by atoms with Gasteiger partial charge in [0, 0.05) is 0 Å². The lowest BCUT2D eigenvalue weighted by molar-refractivity contribution is 0.0952. The average molecular weight is 309 g/mol. The minimum Gasteiger partial charge on any atom is -0.742 e. The fourth-order valence-corrected chi connectivity index (χ4v) is 1.85. The van der Waals surface area contributed by atoms with Gasteiger partial charge >= 0.3 is 0 Å². The number of rotatable bonds is 4. The second kappa shape index (κ2) is 5.77. The standard InChI is InChI=1S/C12H10N2O6S/c15-10-4-2-1-3-9(10)12(16)14-13-7-8-5-6-11(20-8)21(17,18)19/h1-7,15H,(H,14,16)(H,17,18,19)/p-1/b13-7-. The summed E-state index contributed by atoms with van der Waals surface area (Å²) in [5.41, 5.74) is 2.14. The fourth-order valence-electron chi connectivity index (χ4n) is 1.42. The maximum Gasteiger partial charge on any atom is 0.275 e. The number of hydrogen-bond acceptors (Lipinski definition) is 7. The van der Waals surface area contributed by atoms with Crippen molar-refractivity contribution >= 4 is 22.2 Å². The van der Waals surface area contributed by atoms with E-state index in [4.69, 9.17) is 4.42 Å². The van der Waals surface area contributed by atoms with Crippen LogP contribution in [0, 0.1) is 0 Å². The smallest absolute Gasteiger partial charge is 0.275 e. The molecule has 0 unspecified atom stereocenters. The number of nitrogens with zero attached hydrogens (tertiary/aromatic N) is 1. The van der Waals surface area contributed by atoms with Gasteiger partial charge in [-0.1, -0.05) is 12.1 Å². The average Bonchev–Trinajstić information content (AvgIpc) is 2.88. The molecule has 0 saturated carbocycles. The molecule has 0 aliphatic heterocycles. The molecule has 0 radical (unpaired) electrons. The van der Waals surface area contributed by atoms with E-state index in [-0.39, 0.29) is 17.1 Å². The minimum atomic E-state index is -4.67. The van der Waals surface area contributed by atoms with E-state index in [1.165, 1.54) is 18.2 Å². The van der Waals surface area contributed by atoms with Crippen LogP contribution in [0.2, 0.25) is 0 Å². The third-order valence-electron chi connectivity index (χ3n) is 2.36. The van der Waals surface area contributed by atoms with Crippen LogP contribution in [0.4, 0.5) is 0 Å². The van der Waals surface area contributed by atoms with Crippen molar-refractivity contribution in [2.75, 3.05) is 0 Å². The molecule has 0 aliphatic carbocycles. The number of hydrogen-bond donors (Lipinski definition) is 2. The molecule has 0 bridgehead atoms. The van der Waals surface area contributed by atoms with Crippen molar-refractivity contribution in [2.24, 2.45) is 5.10 Å². The zero-order valence-electron chi connectivity index (χ0n) is 10.4. The van der Waals surface area contributed by atoms with Crippen molar-refractivity contribution in [2.45, 2.75) is 5.09 Å². The van der Waals surface area contributed by atoms with Crippen LogP contribution < -0.4 is 5.43 Å². The quantitative estimate of drug-likeness (QED) is 0.484. The van der Waals surface area contributed by atoms with Gasteiger partial charge in [-0.3, -0.25) is 4.79 Å². The Labute approximate surface area is 119 Å². The molecule has 1 amide bonds. The largest absolute Gasteiger partial charge is 0.742 e. The number of furan rings is 1. The van der Waals surface area contributed by atoms with Crippen LogP contribution in [-0.2, 0) is 10.1 Å². The lowest BCUT2D eigenvalue weighted by Gasteiger charge is -2.01. The second-order valence-electron chi connectivity index (χ2n) is 3.83. The zero-order valence-corrected chi connectivity index (χ0v) is 11.2. The molecular weight excluding hydrogens is 300 g/mol. The van der Waals surface area contributed by atoms with Crippen LogP contribution in [0.5, 0.6) is 5.75 Å². The number of phenolic OH excluding ortho intramolecular Hbond substituents is 1. The summed E-state index contributed by atoms with van der Waals surface area (Å²) in [5.74, 6) is -0.891. The number of carbonyl (C=O) groups excluding carboxylic acids is 1. The minimum absolute atomic E-state index is 0.0249. The molecule has 8 nitrogen and oxygen atoms in total. The Morgan fingerprint density at radius 3 is 2.62 bits per heavy atom. The van der Waals surface area contributed by atoms with Gasteiger partial charge in [-0.05, 0) is 24.3 Å². The van der Waals surface area contributed by atoms with E-state index in [0.717, 1.165) is 12.3 Å². The van der Waals surface area contributed by atoms with Gasteiger partial charge in [0.2, 0.25) is 5.09 Å². The summed E-state index contributed by atoms with van der Waals surface area (Å²) in [5, 5.41) is 12.2. The van der Waals surface area contributed by atoms with E-state index in [9.17, 15) is 22.9 Å². The maximum atomic E-state index is 11.7. The SMILES string of the molecule is O=C(N/N=C\c1ccc(S(=O)(=O)[O-])o1)c1ccccc1O. The van der Waals surface area contributed by atoms with Gasteiger partial charge in [0.25, 0.3) is 5.91 Å². The first-order valence-electron chi connectivity index (χ1n) is 5.55. The summed E-state index contributed by atoms with van der Waals surface area (Å²) in [6.07, 6.45) is 1.02. The van der Waals surface area contributed by atoms with Crippen molar-refractivity contribution in [1.29, 1.82) is 0 Å². The van der Waals surface area contributed by atoms with Crippen LogP contribution in [0.1, 0.15) is 16.1 Å². The first kappa shape index (κ1) is 14.8. The van der Waals surface area contributed by atoms with Gasteiger partial charge in [-0.2, -0.15) is 5.10 Å². The van der Waals surface area contributed by atoms with Crippen LogP contribution in [-0.4, -0.2) is 30.2 Å². The number of hydrazone groups is 1. The number of nitrogens with one attached hydrogen (secondary N) is 1. The van der Waals surface area contributed by atoms with Crippen molar-refractivity contribution in [1.82, 2.24) is 5.43 Å². The molecule has 2 rings (SSSR count). The summed E-state index contributed by atoms with van der Waals surface area (Å²) in [6.45, 7) is 0. The molecule has 2 N–H and O–H groups in total. The Kier molecular flexibility index (Phi) is 4.05. The first-order valence-corrected chi connectivity index (χ1v) is 6.96. The van der Waals surface area contributed by atoms with Crippen molar-refractivity contribution < 1.29 is 27.3 Å². The van der Waals surface area contributed by atoms with Gasteiger partial charge in [0.15, 0.2) is 10.1 Å². The van der Waals surface area contributed by atoms with Gasteiger partial charge in [0.1, 0.15) is 11.5 Å². The van der Waals surface area contributed by atoms with Crippen molar-refractivity contribution in [3.63, 3.8) is 0 Å². The Bertz CT molecular complexity index is 794. The molecule has 110 valence electrons. The van der Waals surface area contributed by atoms with Crippen LogP contribution in [0.3, 0.4) is 0 Å². The molecule has 1 heterocycles. The van der Waals surface area contributed by atoms with Crippen molar-refractivity contribution in [3.05, 3.63) is 47.7 Å². The Hall–Kier alpha value is -2.65. The van der Waals surface area contributed by atoms with Crippen molar-refractivity contribution in [3.8, 4) is 5.75 Å². The number of carbonyl (C=O) groups is 1. The Morgan fingerprint density at radius 2 is 2.00 bits per heavy atom. The van der Waals surface area contributed by atoms with E-state index >= 15 is 0 Å². The summed E-state index contributed by atoms with van der Waals surface area (Å²) >= 11 is 0. The fraction of sp³-hybridized carbons (Fsp3) is 0. The van der Waals surface area contributed by atoms with E-state index in [2.05, 4.69) is 10.5 Å². The topological polar surface area (TPSA) is 132 Å². The highest BCUT2D eigenvalue weighted by Gasteiger charge is 2.09. The summed E-state index contributed by atoms with van der Waals surface area (Å²) in [4.78, 5) is 11.7. The van der Waals surface area contributed by atoms with E-state index in [1.807, 2.05) is 0 Å². The predicted octanol–water partition coefficient (Wildman–Crippen LogP) is 0.653. The first-order chi connectivity index (χ1) is 9.88. The Morgan fingerprint density at radius 1 is 1.29 bits per heavy atom. The van der Waals surface area contributed by atoms with Gasteiger partial charge < -0.3 is 14.1 Å². The Balaban J connectivity index is 2.05. The third-order valence-corrected chi connectivity index (χ3v) is 3.07. The normalized spacial score (nSPS) is 11.7. The third kappa shape index (κ3) is 3.68. The van der Waals surface area contributed by atoms with Gasteiger partial charge in [-0.15, -0.1) is 0 Å². The lowest BCUT2D eigenvalue weighted by Crippen LogP contribution is -2.17. The van der Waals surface area contributed by atoms with Crippen LogP contribution >= 0.6 is 0 Å². The highest BCUT2D eigenvalue weighted by molar-refractivity contribution is 7.85. The lowest BCUT2D eigenvalue weighted by atomic mass is 10.2. The predicted molar refractivity (Wildman–Crippen MR) is 69.8 cm³/mol. The summed E-state index contributed by atoms with van der Waals surface area (Å²) in [6, 6.07) is 8.06. The maximum absolute atomic E-state index is 11.7. The monoisotopic (exact) mass is 309 g/mol. The molecule has 21 heavy (non-hydrogen) atoms. The molecular formula is C12H9N2O6S-.